The molecule has 1 N–H and O–H groups in total. The molecule has 3 aromatic carbocycles. The topological polar surface area (TPSA) is 86.7 Å². The Labute approximate surface area is 261 Å². The molecule has 3 aromatic rings. The number of aliphatic hydroxyl groups is 1. The number of likely N-dealkylation sites (tertiary alicyclic amines) is 1. The number of amides is 1. The molecule has 1 saturated heterocycles. The number of ether oxygens (including phenoxy) is 5. The molecule has 1 amide bonds. The quantitative estimate of drug-likeness (QED) is 0.152. The molecule has 3 atom stereocenters. The molecule has 0 saturated carbocycles. The summed E-state index contributed by atoms with van der Waals surface area (Å²) in [5, 5.41) is 10.8. The fourth-order valence-electron chi connectivity index (χ4n) is 5.02. The molecule has 3 unspecified atom stereocenters. The van der Waals surface area contributed by atoms with Crippen molar-refractivity contribution < 1.29 is 33.6 Å². The fourth-order valence-corrected chi connectivity index (χ4v) is 5.02. The molecule has 8 nitrogen and oxygen atoms in total. The summed E-state index contributed by atoms with van der Waals surface area (Å²) in [6.45, 7) is 8.93. The third kappa shape index (κ3) is 11.6. The van der Waals surface area contributed by atoms with E-state index in [1.807, 2.05) is 93.6 Å². The first-order valence-electron chi connectivity index (χ1n) is 15.5. The second kappa shape index (κ2) is 17.2. The molecule has 1 heterocycles. The highest BCUT2D eigenvalue weighted by Gasteiger charge is 2.33. The van der Waals surface area contributed by atoms with Crippen LogP contribution < -0.4 is 4.74 Å². The van der Waals surface area contributed by atoms with Crippen molar-refractivity contribution >= 4 is 6.09 Å². The average Bonchev–Trinajstić information content (AvgIpc) is 3.01. The highest BCUT2D eigenvalue weighted by atomic mass is 16.7. The molecule has 1 aliphatic heterocycles. The van der Waals surface area contributed by atoms with E-state index in [0.717, 1.165) is 28.9 Å². The lowest BCUT2D eigenvalue weighted by Gasteiger charge is -2.36. The number of carbonyl (C=O) groups excluding carboxylic acids is 1. The van der Waals surface area contributed by atoms with Crippen molar-refractivity contribution in [1.29, 1.82) is 0 Å². The number of piperidine rings is 1. The minimum atomic E-state index is -0.661. The lowest BCUT2D eigenvalue weighted by atomic mass is 9.87. The van der Waals surface area contributed by atoms with Crippen LogP contribution in [-0.4, -0.2) is 67.0 Å². The Bertz CT molecular complexity index is 1230. The largest absolute Gasteiger partial charge is 0.493 e. The Kier molecular flexibility index (Phi) is 13.1. The van der Waals surface area contributed by atoms with E-state index in [0.29, 0.717) is 52.4 Å². The SMILES string of the molecule is CC(C)(C)OC(=O)N1CCC(c2ccc(OCCC(OCCCOCc3ccccc3)OCc3ccccc3)cc2)C(O)C1. The number of nitrogens with zero attached hydrogens (tertiary/aromatic N) is 1. The van der Waals surface area contributed by atoms with Gasteiger partial charge in [-0.1, -0.05) is 72.8 Å². The first-order valence-corrected chi connectivity index (χ1v) is 15.5. The molecular formula is C36H47NO7. The maximum Gasteiger partial charge on any atom is 0.410 e. The van der Waals surface area contributed by atoms with E-state index in [9.17, 15) is 9.90 Å². The normalized spacial score (nSPS) is 17.7. The van der Waals surface area contributed by atoms with E-state index >= 15 is 0 Å². The summed E-state index contributed by atoms with van der Waals surface area (Å²) in [6.07, 6.45) is 0.547. The van der Waals surface area contributed by atoms with Crippen LogP contribution in [0.5, 0.6) is 5.75 Å². The van der Waals surface area contributed by atoms with E-state index in [2.05, 4.69) is 12.1 Å². The molecule has 1 aliphatic rings. The molecule has 0 aliphatic carbocycles. The van der Waals surface area contributed by atoms with E-state index in [-0.39, 0.29) is 18.6 Å². The van der Waals surface area contributed by atoms with Crippen molar-refractivity contribution in [2.24, 2.45) is 0 Å². The van der Waals surface area contributed by atoms with E-state index in [1.165, 1.54) is 0 Å². The molecule has 0 bridgehead atoms. The molecule has 0 spiro atoms. The van der Waals surface area contributed by atoms with Crippen LogP contribution in [0.3, 0.4) is 0 Å². The van der Waals surface area contributed by atoms with E-state index < -0.39 is 18.0 Å². The van der Waals surface area contributed by atoms with Crippen LogP contribution in [0.2, 0.25) is 0 Å². The molecule has 8 heteroatoms. The number of aliphatic hydroxyl groups excluding tert-OH is 1. The number of hydrogen-bond donors (Lipinski definition) is 1. The van der Waals surface area contributed by atoms with Gasteiger partial charge >= 0.3 is 6.09 Å². The van der Waals surface area contributed by atoms with Crippen LogP contribution in [0.4, 0.5) is 4.79 Å². The van der Waals surface area contributed by atoms with Crippen LogP contribution in [0.25, 0.3) is 0 Å². The van der Waals surface area contributed by atoms with Crippen LogP contribution in [0.15, 0.2) is 84.9 Å². The summed E-state index contributed by atoms with van der Waals surface area (Å²) in [5.74, 6) is 0.689. The Morgan fingerprint density at radius 1 is 0.864 bits per heavy atom. The number of rotatable bonds is 15. The van der Waals surface area contributed by atoms with Gasteiger partial charge in [-0.25, -0.2) is 4.79 Å². The monoisotopic (exact) mass is 605 g/mol. The lowest BCUT2D eigenvalue weighted by molar-refractivity contribution is -0.158. The molecule has 44 heavy (non-hydrogen) atoms. The van der Waals surface area contributed by atoms with Gasteiger partial charge in [0.2, 0.25) is 0 Å². The predicted octanol–water partition coefficient (Wildman–Crippen LogP) is 6.71. The standard InChI is InChI=1S/C36H47NO7/c1-36(2,3)44-35(39)37-21-19-32(33(38)25-37)30-15-17-31(18-16-30)41-24-20-34(43-27-29-13-8-5-9-14-29)42-23-10-22-40-26-28-11-6-4-7-12-28/h4-9,11-18,32-34,38H,10,19-27H2,1-3H3. The highest BCUT2D eigenvalue weighted by Crippen LogP contribution is 2.30. The zero-order valence-electron chi connectivity index (χ0n) is 26.2. The van der Waals surface area contributed by atoms with E-state index in [1.54, 1.807) is 4.90 Å². The fraction of sp³-hybridized carbons (Fsp3) is 0.472. The number of carbonyl (C=O) groups is 1. The van der Waals surface area contributed by atoms with Gasteiger partial charge < -0.3 is 33.7 Å². The molecular weight excluding hydrogens is 558 g/mol. The Balaban J connectivity index is 1.20. The van der Waals surface area contributed by atoms with Crippen LogP contribution in [0, 0.1) is 0 Å². The van der Waals surface area contributed by atoms with Crippen molar-refractivity contribution in [3.8, 4) is 5.75 Å². The van der Waals surface area contributed by atoms with Gasteiger partial charge in [0.25, 0.3) is 0 Å². The summed E-state index contributed by atoms with van der Waals surface area (Å²) in [7, 11) is 0. The minimum Gasteiger partial charge on any atom is -0.493 e. The zero-order chi connectivity index (χ0) is 31.2. The number of β-amino-alcohol motifs (C(OH)–C–C–N with tert-alkyl or cyclic N) is 1. The first kappa shape index (κ1) is 33.5. The van der Waals surface area contributed by atoms with Gasteiger partial charge in [-0.3, -0.25) is 0 Å². The van der Waals surface area contributed by atoms with Gasteiger partial charge in [0.15, 0.2) is 6.29 Å². The maximum atomic E-state index is 12.4. The van der Waals surface area contributed by atoms with Crippen molar-refractivity contribution in [3.05, 3.63) is 102 Å². The van der Waals surface area contributed by atoms with E-state index in [4.69, 9.17) is 23.7 Å². The summed E-state index contributed by atoms with van der Waals surface area (Å²) >= 11 is 0. The summed E-state index contributed by atoms with van der Waals surface area (Å²) < 4.78 is 29.4. The van der Waals surface area contributed by atoms with Gasteiger partial charge in [-0.15, -0.1) is 0 Å². The van der Waals surface area contributed by atoms with Gasteiger partial charge in [0.05, 0.1) is 39.1 Å². The molecule has 238 valence electrons. The van der Waals surface area contributed by atoms with Crippen molar-refractivity contribution in [1.82, 2.24) is 4.90 Å². The van der Waals surface area contributed by atoms with Gasteiger partial charge in [-0.2, -0.15) is 0 Å². The van der Waals surface area contributed by atoms with Crippen molar-refractivity contribution in [3.63, 3.8) is 0 Å². The lowest BCUT2D eigenvalue weighted by Crippen LogP contribution is -2.47. The average molecular weight is 606 g/mol. The van der Waals surface area contributed by atoms with Crippen LogP contribution in [0.1, 0.15) is 62.6 Å². The van der Waals surface area contributed by atoms with Gasteiger partial charge in [-0.05, 0) is 62.4 Å². The van der Waals surface area contributed by atoms with Crippen molar-refractivity contribution in [2.45, 2.75) is 77.2 Å². The third-order valence-electron chi connectivity index (χ3n) is 7.29. The molecule has 1 fully saturated rings. The molecule has 0 radical (unpaired) electrons. The van der Waals surface area contributed by atoms with Gasteiger partial charge in [0.1, 0.15) is 11.4 Å². The predicted molar refractivity (Wildman–Crippen MR) is 169 cm³/mol. The maximum absolute atomic E-state index is 12.4. The summed E-state index contributed by atoms with van der Waals surface area (Å²) in [6, 6.07) is 28.0. The second-order valence-corrected chi connectivity index (χ2v) is 12.1. The van der Waals surface area contributed by atoms with Crippen LogP contribution >= 0.6 is 0 Å². The van der Waals surface area contributed by atoms with Crippen molar-refractivity contribution in [2.75, 3.05) is 32.9 Å². The Morgan fingerprint density at radius 3 is 2.16 bits per heavy atom. The second-order valence-electron chi connectivity index (χ2n) is 12.1. The summed E-state index contributed by atoms with van der Waals surface area (Å²) in [5.41, 5.74) is 2.70. The smallest absolute Gasteiger partial charge is 0.410 e. The number of benzene rings is 3. The summed E-state index contributed by atoms with van der Waals surface area (Å²) in [4.78, 5) is 14.0. The zero-order valence-corrected chi connectivity index (χ0v) is 26.2. The highest BCUT2D eigenvalue weighted by molar-refractivity contribution is 5.68. The first-order chi connectivity index (χ1) is 21.3. The minimum absolute atomic E-state index is 0.0522. The Hall–Kier alpha value is -3.43. The third-order valence-corrected chi connectivity index (χ3v) is 7.29. The molecule has 0 aromatic heterocycles. The molecule has 4 rings (SSSR count). The van der Waals surface area contributed by atoms with Crippen LogP contribution in [-0.2, 0) is 32.2 Å². The number of hydrogen-bond acceptors (Lipinski definition) is 7. The van der Waals surface area contributed by atoms with Gasteiger partial charge in [0, 0.05) is 25.5 Å². The Morgan fingerprint density at radius 2 is 1.52 bits per heavy atom.